The number of hydrogen-bond acceptors (Lipinski definition) is 6. The monoisotopic (exact) mass is 501 g/mol. The van der Waals surface area contributed by atoms with Crippen LogP contribution in [0.3, 0.4) is 0 Å². The van der Waals surface area contributed by atoms with Crippen LogP contribution in [-0.4, -0.2) is 60.8 Å². The van der Waals surface area contributed by atoms with Crippen molar-refractivity contribution in [2.24, 2.45) is 0 Å². The first-order valence-corrected chi connectivity index (χ1v) is 13.5. The first-order chi connectivity index (χ1) is 16.6. The lowest BCUT2D eigenvalue weighted by Gasteiger charge is -2.36. The molecule has 184 valence electrons. The molecule has 6 nitrogen and oxygen atoms in total. The highest BCUT2D eigenvalue weighted by atomic mass is 32.1. The Kier molecular flexibility index (Phi) is 8.80. The van der Waals surface area contributed by atoms with Gasteiger partial charge in [-0.1, -0.05) is 25.0 Å². The zero-order valence-corrected chi connectivity index (χ0v) is 21.9. The van der Waals surface area contributed by atoms with E-state index < -0.39 is 0 Å². The number of carbonyl (C=O) groups excluding carboxylic acids is 1. The number of methoxy groups -OCH3 is 1. The van der Waals surface area contributed by atoms with E-state index in [0.29, 0.717) is 17.3 Å². The van der Waals surface area contributed by atoms with Gasteiger partial charge in [0, 0.05) is 37.6 Å². The maximum Gasteiger partial charge on any atom is 0.341 e. The van der Waals surface area contributed by atoms with E-state index in [0.717, 1.165) is 62.7 Å². The lowest BCUT2D eigenvalue weighted by atomic mass is 9.96. The number of nitrogens with zero attached hydrogens (tertiary/aromatic N) is 2. The largest absolute Gasteiger partial charge is 0.497 e. The molecule has 1 aliphatic carbocycles. The summed E-state index contributed by atoms with van der Waals surface area (Å²) in [5, 5.41) is 4.99. The standard InChI is InChI=1S/C26H35N3O3S2/c1-3-32-25(30)23-21-11-6-4-5-7-12-22(21)34-24(23)27-26(33)29-15-13-28(14-16-29)18-19-9-8-10-20(17-19)31-2/h8-10,17H,3-7,11-16,18H2,1-2H3,(H,27,33). The fourth-order valence-electron chi connectivity index (χ4n) is 4.74. The van der Waals surface area contributed by atoms with Gasteiger partial charge in [0.1, 0.15) is 10.8 Å². The van der Waals surface area contributed by atoms with E-state index in [1.165, 1.54) is 35.3 Å². The van der Waals surface area contributed by atoms with Gasteiger partial charge in [0.2, 0.25) is 0 Å². The summed E-state index contributed by atoms with van der Waals surface area (Å²) in [5.74, 6) is 0.665. The van der Waals surface area contributed by atoms with Gasteiger partial charge in [0.05, 0.1) is 19.3 Å². The second-order valence-electron chi connectivity index (χ2n) is 8.89. The molecule has 0 unspecified atom stereocenters. The molecule has 0 amide bonds. The number of anilines is 1. The molecule has 1 fully saturated rings. The molecule has 0 bridgehead atoms. The third-order valence-electron chi connectivity index (χ3n) is 6.57. The molecule has 8 heteroatoms. The quantitative estimate of drug-likeness (QED) is 0.436. The summed E-state index contributed by atoms with van der Waals surface area (Å²) in [6, 6.07) is 8.25. The lowest BCUT2D eigenvalue weighted by molar-refractivity contribution is 0.0526. The van der Waals surface area contributed by atoms with Crippen LogP contribution in [0.25, 0.3) is 0 Å². The SMILES string of the molecule is CCOC(=O)c1c(NC(=S)N2CCN(Cc3cccc(OC)c3)CC2)sc2c1CCCCCC2. The summed E-state index contributed by atoms with van der Waals surface area (Å²) >= 11 is 7.48. The van der Waals surface area contributed by atoms with Crippen molar-refractivity contribution in [3.63, 3.8) is 0 Å². The summed E-state index contributed by atoms with van der Waals surface area (Å²) in [6.45, 7) is 6.72. The summed E-state index contributed by atoms with van der Waals surface area (Å²) < 4.78 is 10.8. The third kappa shape index (κ3) is 6.09. The molecular formula is C26H35N3O3S2. The van der Waals surface area contributed by atoms with Gasteiger partial charge in [-0.2, -0.15) is 0 Å². The number of esters is 1. The molecule has 2 aliphatic rings. The molecule has 0 radical (unpaired) electrons. The topological polar surface area (TPSA) is 54.0 Å². The Morgan fingerprint density at radius 1 is 1.12 bits per heavy atom. The van der Waals surface area contributed by atoms with E-state index in [1.807, 2.05) is 19.1 Å². The van der Waals surface area contributed by atoms with Crippen LogP contribution in [0, 0.1) is 0 Å². The number of thiocarbonyl (C=S) groups is 1. The summed E-state index contributed by atoms with van der Waals surface area (Å²) in [4.78, 5) is 18.9. The second-order valence-corrected chi connectivity index (χ2v) is 10.4. The average Bonchev–Trinajstić information content (AvgIpc) is 3.15. The number of fused-ring (bicyclic) bond motifs is 1. The molecule has 1 aromatic heterocycles. The van der Waals surface area contributed by atoms with E-state index >= 15 is 0 Å². The van der Waals surface area contributed by atoms with E-state index in [-0.39, 0.29) is 5.97 Å². The molecule has 1 aromatic carbocycles. The normalized spacial score (nSPS) is 16.8. The molecular weight excluding hydrogens is 466 g/mol. The number of aryl methyl sites for hydroxylation is 1. The number of rotatable bonds is 6. The predicted molar refractivity (Wildman–Crippen MR) is 142 cm³/mol. The number of carbonyl (C=O) groups is 1. The van der Waals surface area contributed by atoms with E-state index in [2.05, 4.69) is 27.2 Å². The van der Waals surface area contributed by atoms with E-state index in [9.17, 15) is 4.79 Å². The van der Waals surface area contributed by atoms with Crippen molar-refractivity contribution in [1.29, 1.82) is 0 Å². The van der Waals surface area contributed by atoms with Crippen LogP contribution in [0.5, 0.6) is 5.75 Å². The molecule has 1 saturated heterocycles. The number of thiophene rings is 1. The fourth-order valence-corrected chi connectivity index (χ4v) is 6.37. The Balaban J connectivity index is 1.40. The van der Waals surface area contributed by atoms with Crippen molar-refractivity contribution >= 4 is 39.6 Å². The van der Waals surface area contributed by atoms with Gasteiger partial charge in [-0.15, -0.1) is 11.3 Å². The predicted octanol–water partition coefficient (Wildman–Crippen LogP) is 5.11. The number of piperazine rings is 1. The van der Waals surface area contributed by atoms with Crippen LogP contribution in [0.15, 0.2) is 24.3 Å². The van der Waals surface area contributed by atoms with Gasteiger partial charge in [0.25, 0.3) is 0 Å². The number of benzene rings is 1. The summed E-state index contributed by atoms with van der Waals surface area (Å²) in [6.07, 6.45) is 6.75. The lowest BCUT2D eigenvalue weighted by Crippen LogP contribution is -2.49. The minimum absolute atomic E-state index is 0.228. The molecule has 0 spiro atoms. The molecule has 1 N–H and O–H groups in total. The zero-order valence-electron chi connectivity index (χ0n) is 20.2. The maximum absolute atomic E-state index is 12.9. The van der Waals surface area contributed by atoms with Crippen molar-refractivity contribution < 1.29 is 14.3 Å². The average molecular weight is 502 g/mol. The number of nitrogens with one attached hydrogen (secondary N) is 1. The highest BCUT2D eigenvalue weighted by Crippen LogP contribution is 2.37. The molecule has 0 atom stereocenters. The highest BCUT2D eigenvalue weighted by molar-refractivity contribution is 7.80. The van der Waals surface area contributed by atoms with Crippen molar-refractivity contribution in [1.82, 2.24) is 9.80 Å². The second kappa shape index (κ2) is 12.0. The van der Waals surface area contributed by atoms with Gasteiger partial charge >= 0.3 is 5.97 Å². The Morgan fingerprint density at radius 2 is 1.88 bits per heavy atom. The van der Waals surface area contributed by atoms with Crippen molar-refractivity contribution in [3.05, 3.63) is 45.8 Å². The molecule has 34 heavy (non-hydrogen) atoms. The van der Waals surface area contributed by atoms with Crippen molar-refractivity contribution in [3.8, 4) is 5.75 Å². The fraction of sp³-hybridized carbons (Fsp3) is 0.538. The van der Waals surface area contributed by atoms with Crippen molar-refractivity contribution in [2.45, 2.75) is 52.0 Å². The van der Waals surface area contributed by atoms with Gasteiger partial charge in [-0.25, -0.2) is 4.79 Å². The Morgan fingerprint density at radius 3 is 2.62 bits per heavy atom. The smallest absolute Gasteiger partial charge is 0.341 e. The molecule has 1 aliphatic heterocycles. The molecule has 0 saturated carbocycles. The number of ether oxygens (including phenoxy) is 2. The number of hydrogen-bond donors (Lipinski definition) is 1. The van der Waals surface area contributed by atoms with Gasteiger partial charge in [-0.05, 0) is 68.1 Å². The summed E-state index contributed by atoms with van der Waals surface area (Å²) in [5.41, 5.74) is 3.14. The molecule has 2 aromatic rings. The van der Waals surface area contributed by atoms with Crippen LogP contribution in [0.2, 0.25) is 0 Å². The first-order valence-electron chi connectivity index (χ1n) is 12.3. The summed E-state index contributed by atoms with van der Waals surface area (Å²) in [7, 11) is 1.70. The zero-order chi connectivity index (χ0) is 23.9. The van der Waals surface area contributed by atoms with Crippen LogP contribution in [-0.2, 0) is 24.1 Å². The van der Waals surface area contributed by atoms with Crippen LogP contribution in [0.1, 0.15) is 59.0 Å². The molecule has 4 rings (SSSR count). The Bertz CT molecular complexity index is 999. The van der Waals surface area contributed by atoms with Crippen LogP contribution in [0.4, 0.5) is 5.00 Å². The Labute approximate surface area is 212 Å². The maximum atomic E-state index is 12.9. The first kappa shape index (κ1) is 24.9. The minimum Gasteiger partial charge on any atom is -0.497 e. The molecule has 2 heterocycles. The van der Waals surface area contributed by atoms with Gasteiger partial charge in [0.15, 0.2) is 5.11 Å². The minimum atomic E-state index is -0.228. The third-order valence-corrected chi connectivity index (χ3v) is 8.14. The Hall–Kier alpha value is -2.16. The van der Waals surface area contributed by atoms with Crippen LogP contribution >= 0.6 is 23.6 Å². The van der Waals surface area contributed by atoms with Crippen LogP contribution < -0.4 is 10.1 Å². The van der Waals surface area contributed by atoms with E-state index in [4.69, 9.17) is 21.7 Å². The van der Waals surface area contributed by atoms with Gasteiger partial charge < -0.3 is 19.7 Å². The highest BCUT2D eigenvalue weighted by Gasteiger charge is 2.27. The van der Waals surface area contributed by atoms with Crippen molar-refractivity contribution in [2.75, 3.05) is 45.2 Å². The van der Waals surface area contributed by atoms with E-state index in [1.54, 1.807) is 18.4 Å². The van der Waals surface area contributed by atoms with Gasteiger partial charge in [-0.3, -0.25) is 4.90 Å².